The van der Waals surface area contributed by atoms with Crippen LogP contribution in [-0.4, -0.2) is 22.9 Å². The van der Waals surface area contributed by atoms with Gasteiger partial charge in [-0.1, -0.05) is 26.0 Å². The number of nitro benzene ring substituents is 1. The van der Waals surface area contributed by atoms with Crippen LogP contribution in [0.5, 0.6) is 5.75 Å². The molecule has 0 aliphatic rings. The Kier molecular flexibility index (Phi) is 7.51. The number of ether oxygens (including phenoxy) is 1. The fourth-order valence-electron chi connectivity index (χ4n) is 3.93. The molecule has 5 rings (SSSR count). The Hall–Kier alpha value is -4.76. The van der Waals surface area contributed by atoms with E-state index in [-0.39, 0.29) is 5.69 Å². The second kappa shape index (κ2) is 11.3. The number of benzene rings is 3. The summed E-state index contributed by atoms with van der Waals surface area (Å²) in [5.74, 6) is 2.34. The first-order valence-electron chi connectivity index (χ1n) is 12.3. The molecule has 3 aromatic carbocycles. The average Bonchev–Trinajstić information content (AvgIpc) is 3.59. The third-order valence-corrected chi connectivity index (χ3v) is 6.96. The molecule has 0 saturated carbocycles. The van der Waals surface area contributed by atoms with Gasteiger partial charge in [0.1, 0.15) is 17.3 Å². The highest BCUT2D eigenvalue weighted by Gasteiger charge is 2.11. The minimum absolute atomic E-state index is 0.0298. The number of hydrogen-bond donors (Lipinski definition) is 0. The molecule has 5 aromatic rings. The molecule has 9 heteroatoms. The Bertz CT molecular complexity index is 1680. The summed E-state index contributed by atoms with van der Waals surface area (Å²) >= 11 is 1.49. The van der Waals surface area contributed by atoms with Gasteiger partial charge in [0.15, 0.2) is 0 Å². The number of furan rings is 1. The maximum absolute atomic E-state index is 10.9. The zero-order valence-electron chi connectivity index (χ0n) is 21.6. The number of thiazole rings is 1. The molecule has 0 aliphatic heterocycles. The lowest BCUT2D eigenvalue weighted by Crippen LogP contribution is -2.11. The van der Waals surface area contributed by atoms with Crippen LogP contribution in [0.15, 0.2) is 105 Å². The molecule has 2 aromatic heterocycles. The SMILES string of the molecule is COc1ccc(-c2csc(=Nc3ccc(C(C)C)cc3)n2/N=C\c2ccc(-c3ccc([N+](=O)[O-])cc3)o2)cc1. The minimum atomic E-state index is -0.427. The number of hydrogen-bond acceptors (Lipinski definition) is 7. The van der Waals surface area contributed by atoms with Crippen molar-refractivity contribution in [3.8, 4) is 28.3 Å². The van der Waals surface area contributed by atoms with E-state index in [1.54, 1.807) is 30.1 Å². The topological polar surface area (TPSA) is 95.2 Å². The molecule has 0 atom stereocenters. The van der Waals surface area contributed by atoms with E-state index < -0.39 is 4.92 Å². The molecule has 196 valence electrons. The zero-order chi connectivity index (χ0) is 27.4. The van der Waals surface area contributed by atoms with Gasteiger partial charge in [-0.05, 0) is 72.1 Å². The number of nitro groups is 1. The molecule has 0 bridgehead atoms. The van der Waals surface area contributed by atoms with Crippen molar-refractivity contribution in [3.05, 3.63) is 117 Å². The van der Waals surface area contributed by atoms with Crippen LogP contribution in [0.1, 0.15) is 31.1 Å². The van der Waals surface area contributed by atoms with E-state index in [9.17, 15) is 10.1 Å². The molecule has 0 radical (unpaired) electrons. The zero-order valence-corrected chi connectivity index (χ0v) is 22.5. The molecule has 0 saturated heterocycles. The number of rotatable bonds is 8. The van der Waals surface area contributed by atoms with Gasteiger partial charge >= 0.3 is 0 Å². The van der Waals surface area contributed by atoms with E-state index in [0.717, 1.165) is 28.3 Å². The molecule has 0 unspecified atom stereocenters. The average molecular weight is 539 g/mol. The van der Waals surface area contributed by atoms with Crippen molar-refractivity contribution in [2.75, 3.05) is 7.11 Å². The van der Waals surface area contributed by atoms with Crippen LogP contribution in [-0.2, 0) is 0 Å². The van der Waals surface area contributed by atoms with Crippen LogP contribution in [0, 0.1) is 10.1 Å². The van der Waals surface area contributed by atoms with Crippen LogP contribution in [0.2, 0.25) is 0 Å². The molecule has 0 aliphatic carbocycles. The third kappa shape index (κ3) is 5.89. The highest BCUT2D eigenvalue weighted by atomic mass is 32.1. The molecular weight excluding hydrogens is 512 g/mol. The van der Waals surface area contributed by atoms with Gasteiger partial charge < -0.3 is 9.15 Å². The standard InChI is InChI=1S/C30H26N4O4S/c1-20(2)21-4-10-24(11-5-21)32-30-33(28(19-39-30)22-8-14-26(37-3)15-9-22)31-18-27-16-17-29(38-27)23-6-12-25(13-7-23)34(35)36/h4-20H,1-3H3/b31-18-,32-30?. The Morgan fingerprint density at radius 2 is 1.64 bits per heavy atom. The lowest BCUT2D eigenvalue weighted by molar-refractivity contribution is -0.384. The van der Waals surface area contributed by atoms with Crippen molar-refractivity contribution in [2.24, 2.45) is 10.1 Å². The van der Waals surface area contributed by atoms with Crippen molar-refractivity contribution < 1.29 is 14.1 Å². The third-order valence-electron chi connectivity index (χ3n) is 6.15. The van der Waals surface area contributed by atoms with Crippen molar-refractivity contribution in [2.45, 2.75) is 19.8 Å². The van der Waals surface area contributed by atoms with Gasteiger partial charge in [-0.3, -0.25) is 10.1 Å². The molecule has 0 fully saturated rings. The Labute approximate surface area is 229 Å². The highest BCUT2D eigenvalue weighted by molar-refractivity contribution is 7.07. The summed E-state index contributed by atoms with van der Waals surface area (Å²) in [6, 6.07) is 25.8. The monoisotopic (exact) mass is 538 g/mol. The molecule has 0 N–H and O–H groups in total. The van der Waals surface area contributed by atoms with Gasteiger partial charge in [0.2, 0.25) is 4.80 Å². The maximum atomic E-state index is 10.9. The van der Waals surface area contributed by atoms with Crippen LogP contribution in [0.4, 0.5) is 11.4 Å². The fraction of sp³-hybridized carbons (Fsp3) is 0.133. The first-order chi connectivity index (χ1) is 18.9. The first-order valence-corrected chi connectivity index (χ1v) is 13.2. The summed E-state index contributed by atoms with van der Waals surface area (Å²) in [7, 11) is 1.64. The van der Waals surface area contributed by atoms with Crippen LogP contribution in [0.25, 0.3) is 22.6 Å². The lowest BCUT2D eigenvalue weighted by atomic mass is 10.0. The van der Waals surface area contributed by atoms with E-state index in [1.165, 1.54) is 29.0 Å². The van der Waals surface area contributed by atoms with Crippen molar-refractivity contribution in [1.82, 2.24) is 4.68 Å². The quantitative estimate of drug-likeness (QED) is 0.115. The maximum Gasteiger partial charge on any atom is 0.269 e. The van der Waals surface area contributed by atoms with Crippen LogP contribution >= 0.6 is 11.3 Å². The predicted molar refractivity (Wildman–Crippen MR) is 154 cm³/mol. The van der Waals surface area contributed by atoms with Crippen molar-refractivity contribution in [1.29, 1.82) is 0 Å². The Balaban J connectivity index is 1.51. The van der Waals surface area contributed by atoms with Gasteiger partial charge in [0.05, 0.1) is 29.6 Å². The van der Waals surface area contributed by atoms with E-state index >= 15 is 0 Å². The summed E-state index contributed by atoms with van der Waals surface area (Å²) in [5, 5.41) is 17.7. The molecule has 8 nitrogen and oxygen atoms in total. The van der Waals surface area contributed by atoms with Crippen LogP contribution < -0.4 is 9.54 Å². The molecule has 39 heavy (non-hydrogen) atoms. The molecule has 0 amide bonds. The van der Waals surface area contributed by atoms with Gasteiger partial charge in [0, 0.05) is 28.6 Å². The second-order valence-electron chi connectivity index (χ2n) is 9.05. The largest absolute Gasteiger partial charge is 0.497 e. The Morgan fingerprint density at radius 3 is 2.28 bits per heavy atom. The van der Waals surface area contributed by atoms with Gasteiger partial charge in [-0.2, -0.15) is 5.10 Å². The van der Waals surface area contributed by atoms with Crippen LogP contribution in [0.3, 0.4) is 0 Å². The smallest absolute Gasteiger partial charge is 0.269 e. The lowest BCUT2D eigenvalue weighted by Gasteiger charge is -2.06. The molecule has 0 spiro atoms. The second-order valence-corrected chi connectivity index (χ2v) is 9.89. The summed E-state index contributed by atoms with van der Waals surface area (Å²) in [6.07, 6.45) is 1.63. The van der Waals surface area contributed by atoms with E-state index in [1.807, 2.05) is 53.9 Å². The van der Waals surface area contributed by atoms with Gasteiger partial charge in [-0.15, -0.1) is 11.3 Å². The summed E-state index contributed by atoms with van der Waals surface area (Å²) in [6.45, 7) is 4.33. The predicted octanol–water partition coefficient (Wildman–Crippen LogP) is 7.63. The van der Waals surface area contributed by atoms with E-state index in [4.69, 9.17) is 19.2 Å². The highest BCUT2D eigenvalue weighted by Crippen LogP contribution is 2.26. The number of methoxy groups -OCH3 is 1. The minimum Gasteiger partial charge on any atom is -0.497 e. The van der Waals surface area contributed by atoms with E-state index in [0.29, 0.717) is 22.2 Å². The number of nitrogens with zero attached hydrogens (tertiary/aromatic N) is 4. The fourth-order valence-corrected chi connectivity index (χ4v) is 4.79. The summed E-state index contributed by atoms with van der Waals surface area (Å²) < 4.78 is 13.1. The first kappa shape index (κ1) is 25.9. The number of aromatic nitrogens is 1. The van der Waals surface area contributed by atoms with E-state index in [2.05, 4.69) is 26.0 Å². The van der Waals surface area contributed by atoms with Gasteiger partial charge in [-0.25, -0.2) is 9.67 Å². The molecular formula is C30H26N4O4S. The number of non-ortho nitro benzene ring substituents is 1. The summed E-state index contributed by atoms with van der Waals surface area (Å²) in [5.41, 5.74) is 4.70. The van der Waals surface area contributed by atoms with Crippen molar-refractivity contribution >= 4 is 28.9 Å². The summed E-state index contributed by atoms with van der Waals surface area (Å²) in [4.78, 5) is 16.1. The van der Waals surface area contributed by atoms with Crippen molar-refractivity contribution in [3.63, 3.8) is 0 Å². The van der Waals surface area contributed by atoms with Gasteiger partial charge in [0.25, 0.3) is 5.69 Å². The Morgan fingerprint density at radius 1 is 0.949 bits per heavy atom. The molecule has 2 heterocycles. The normalized spacial score (nSPS) is 11.9.